The average molecular weight is 615 g/mol. The number of carbonyl (C=O) groups excluding carboxylic acids is 2. The van der Waals surface area contributed by atoms with E-state index in [9.17, 15) is 22.8 Å². The number of anilines is 2. The normalized spacial score (nSPS) is 17.8. The lowest BCUT2D eigenvalue weighted by Gasteiger charge is -2.34. The lowest BCUT2D eigenvalue weighted by atomic mass is 9.93. The summed E-state index contributed by atoms with van der Waals surface area (Å²) in [5.41, 5.74) is 1.03. The minimum absolute atomic E-state index is 0.00864. The van der Waals surface area contributed by atoms with Crippen molar-refractivity contribution in [1.82, 2.24) is 15.3 Å². The minimum atomic E-state index is -4.73. The van der Waals surface area contributed by atoms with Crippen LogP contribution in [0.15, 0.2) is 30.3 Å². The summed E-state index contributed by atoms with van der Waals surface area (Å²) < 4.78 is 47.0. The number of nitrogens with zero attached hydrogens (tertiary/aromatic N) is 5. The summed E-state index contributed by atoms with van der Waals surface area (Å²) in [5.74, 6) is -0.548. The first-order valence-corrected chi connectivity index (χ1v) is 15.3. The number of hydrogen-bond acceptors (Lipinski definition) is 8. The van der Waals surface area contributed by atoms with Crippen molar-refractivity contribution in [3.05, 3.63) is 47.3 Å². The summed E-state index contributed by atoms with van der Waals surface area (Å²) in [5, 5.41) is 11.7. The Balaban J connectivity index is 1.37. The van der Waals surface area contributed by atoms with E-state index < -0.39 is 29.7 Å². The fourth-order valence-corrected chi connectivity index (χ4v) is 5.76. The number of ketones is 1. The smallest absolute Gasteiger partial charge is 0.444 e. The lowest BCUT2D eigenvalue weighted by Crippen LogP contribution is -2.39. The summed E-state index contributed by atoms with van der Waals surface area (Å²) in [4.78, 5) is 36.5. The van der Waals surface area contributed by atoms with Gasteiger partial charge in [-0.2, -0.15) is 18.4 Å². The Bertz CT molecular complexity index is 1330. The number of carbonyl (C=O) groups is 2. The molecular formula is C32H41F3N6O3. The van der Waals surface area contributed by atoms with Crippen LogP contribution in [0.25, 0.3) is 0 Å². The summed E-state index contributed by atoms with van der Waals surface area (Å²) >= 11 is 0. The van der Waals surface area contributed by atoms with Crippen molar-refractivity contribution in [2.45, 2.75) is 90.0 Å². The number of halogens is 3. The van der Waals surface area contributed by atoms with Gasteiger partial charge in [0.1, 0.15) is 17.2 Å². The molecule has 9 nitrogen and oxygen atoms in total. The number of aromatic nitrogens is 2. The van der Waals surface area contributed by atoms with Crippen LogP contribution in [0.5, 0.6) is 0 Å². The molecule has 1 aromatic carbocycles. The zero-order chi connectivity index (χ0) is 31.9. The lowest BCUT2D eigenvalue weighted by molar-refractivity contribution is -0.144. The molecule has 12 heteroatoms. The van der Waals surface area contributed by atoms with E-state index in [1.165, 1.54) is 0 Å². The van der Waals surface area contributed by atoms with Crippen LogP contribution >= 0.6 is 0 Å². The van der Waals surface area contributed by atoms with Gasteiger partial charge in [0.15, 0.2) is 5.78 Å². The molecule has 0 radical (unpaired) electrons. The third kappa shape index (κ3) is 9.31. The van der Waals surface area contributed by atoms with Crippen LogP contribution in [0.3, 0.4) is 0 Å². The molecule has 4 rings (SSSR count). The van der Waals surface area contributed by atoms with Crippen LogP contribution < -0.4 is 15.1 Å². The molecule has 2 saturated heterocycles. The first-order chi connectivity index (χ1) is 20.8. The van der Waals surface area contributed by atoms with Gasteiger partial charge in [0.05, 0.1) is 17.7 Å². The number of aryl methyl sites for hydroxylation is 1. The van der Waals surface area contributed by atoms with E-state index in [2.05, 4.69) is 21.4 Å². The van der Waals surface area contributed by atoms with Gasteiger partial charge in [0.25, 0.3) is 0 Å². The number of piperidine rings is 1. The standard InChI is InChI=1S/C32H41F3N6O3/c1-31(2,3)44-30(43)37-16-13-23-14-18-40(19-15-23)27-20-28(39-29(38-27)32(33,34)35)41-17-5-7-25(41)26(42)8-4-6-22-9-11-24(21-36)12-10-22/h9-12,20,23,25H,4-8,13-19H2,1-3H3,(H,37,43)/t25-/m0/s1. The fourth-order valence-electron chi connectivity index (χ4n) is 5.76. The maximum absolute atomic E-state index is 13.9. The van der Waals surface area contributed by atoms with Gasteiger partial charge in [0, 0.05) is 38.7 Å². The van der Waals surface area contributed by atoms with Gasteiger partial charge in [-0.3, -0.25) is 4.79 Å². The summed E-state index contributed by atoms with van der Waals surface area (Å²) in [6.07, 6.45) is -0.0895. The largest absolute Gasteiger partial charge is 0.451 e. The first-order valence-electron chi connectivity index (χ1n) is 15.3. The molecule has 0 saturated carbocycles. The van der Waals surface area contributed by atoms with Gasteiger partial charge in [-0.05, 0) is 89.3 Å². The molecular weight excluding hydrogens is 573 g/mol. The molecule has 3 heterocycles. The van der Waals surface area contributed by atoms with Gasteiger partial charge >= 0.3 is 12.3 Å². The van der Waals surface area contributed by atoms with Crippen molar-refractivity contribution in [1.29, 1.82) is 5.26 Å². The van der Waals surface area contributed by atoms with E-state index in [4.69, 9.17) is 10.00 Å². The van der Waals surface area contributed by atoms with Gasteiger partial charge in [-0.25, -0.2) is 14.8 Å². The van der Waals surface area contributed by atoms with Crippen LogP contribution in [-0.2, 0) is 22.1 Å². The highest BCUT2D eigenvalue weighted by Gasteiger charge is 2.38. The second-order valence-electron chi connectivity index (χ2n) is 12.5. The highest BCUT2D eigenvalue weighted by molar-refractivity contribution is 5.87. The molecule has 1 aromatic heterocycles. The number of benzene rings is 1. The molecule has 1 N–H and O–H groups in total. The molecule has 2 aliphatic heterocycles. The van der Waals surface area contributed by atoms with Crippen LogP contribution in [0.1, 0.15) is 82.7 Å². The van der Waals surface area contributed by atoms with E-state index in [-0.39, 0.29) is 17.4 Å². The van der Waals surface area contributed by atoms with E-state index in [1.807, 2.05) is 17.0 Å². The zero-order valence-electron chi connectivity index (χ0n) is 25.6. The third-order valence-corrected chi connectivity index (χ3v) is 8.00. The molecule has 1 amide bonds. The topological polar surface area (TPSA) is 111 Å². The Kier molecular flexibility index (Phi) is 10.7. The number of alkyl carbamates (subject to hydrolysis) is 1. The number of amides is 1. The van der Waals surface area contributed by atoms with Crippen molar-refractivity contribution in [2.75, 3.05) is 36.0 Å². The summed E-state index contributed by atoms with van der Waals surface area (Å²) in [7, 11) is 0. The number of ether oxygens (including phenoxy) is 1. The predicted octanol–water partition coefficient (Wildman–Crippen LogP) is 6.06. The molecule has 0 bridgehead atoms. The Labute approximate surface area is 256 Å². The highest BCUT2D eigenvalue weighted by atomic mass is 19.4. The number of alkyl halides is 3. The average Bonchev–Trinajstić information content (AvgIpc) is 3.47. The summed E-state index contributed by atoms with van der Waals surface area (Å²) in [6.45, 7) is 7.38. The van der Waals surface area contributed by atoms with E-state index in [0.29, 0.717) is 69.8 Å². The highest BCUT2D eigenvalue weighted by Crippen LogP contribution is 2.34. The van der Waals surface area contributed by atoms with Crippen molar-refractivity contribution >= 4 is 23.5 Å². The molecule has 2 fully saturated rings. The van der Waals surface area contributed by atoms with Crippen molar-refractivity contribution < 1.29 is 27.5 Å². The van der Waals surface area contributed by atoms with Gasteiger partial charge < -0.3 is 19.9 Å². The molecule has 44 heavy (non-hydrogen) atoms. The Hall–Kier alpha value is -3.88. The van der Waals surface area contributed by atoms with Crippen LogP contribution in [0.4, 0.5) is 29.6 Å². The van der Waals surface area contributed by atoms with Gasteiger partial charge in [-0.1, -0.05) is 12.1 Å². The van der Waals surface area contributed by atoms with E-state index in [0.717, 1.165) is 24.8 Å². The SMILES string of the molecule is CC(C)(C)OC(=O)NCCC1CCN(c2cc(N3CCC[C@H]3C(=O)CCCc3ccc(C#N)cc3)nc(C(F)(F)F)n2)CC1. The number of Topliss-reactive ketones (excluding diaryl/α,β-unsaturated/α-hetero) is 1. The molecule has 0 spiro atoms. The van der Waals surface area contributed by atoms with E-state index in [1.54, 1.807) is 43.9 Å². The second-order valence-corrected chi connectivity index (χ2v) is 12.5. The maximum atomic E-state index is 13.9. The monoisotopic (exact) mass is 614 g/mol. The quantitative estimate of drug-likeness (QED) is 0.344. The van der Waals surface area contributed by atoms with E-state index >= 15 is 0 Å². The van der Waals surface area contributed by atoms with Gasteiger partial charge in [-0.15, -0.1) is 0 Å². The van der Waals surface area contributed by atoms with Crippen LogP contribution in [0.2, 0.25) is 0 Å². The fraction of sp³-hybridized carbons (Fsp3) is 0.594. The predicted molar refractivity (Wildman–Crippen MR) is 160 cm³/mol. The maximum Gasteiger partial charge on any atom is 0.451 e. The van der Waals surface area contributed by atoms with Crippen LogP contribution in [0, 0.1) is 17.2 Å². The first kappa shape index (κ1) is 33.0. The number of hydrogen-bond donors (Lipinski definition) is 1. The minimum Gasteiger partial charge on any atom is -0.444 e. The molecule has 0 unspecified atom stereocenters. The molecule has 2 aromatic rings. The van der Waals surface area contributed by atoms with Crippen molar-refractivity contribution in [3.8, 4) is 6.07 Å². The zero-order valence-corrected chi connectivity index (χ0v) is 25.6. The number of nitriles is 1. The number of nitrogens with one attached hydrogen (secondary N) is 1. The summed E-state index contributed by atoms with van der Waals surface area (Å²) in [6, 6.07) is 10.4. The molecule has 0 aliphatic carbocycles. The Morgan fingerprint density at radius 2 is 1.73 bits per heavy atom. The van der Waals surface area contributed by atoms with Crippen molar-refractivity contribution in [3.63, 3.8) is 0 Å². The van der Waals surface area contributed by atoms with Crippen LogP contribution in [-0.4, -0.2) is 59.7 Å². The Morgan fingerprint density at radius 1 is 1.05 bits per heavy atom. The molecule has 1 atom stereocenters. The second kappa shape index (κ2) is 14.3. The Morgan fingerprint density at radius 3 is 2.36 bits per heavy atom. The number of rotatable bonds is 10. The molecule has 2 aliphatic rings. The van der Waals surface area contributed by atoms with Crippen molar-refractivity contribution in [2.24, 2.45) is 5.92 Å². The molecule has 238 valence electrons. The third-order valence-electron chi connectivity index (χ3n) is 8.00. The van der Waals surface area contributed by atoms with Gasteiger partial charge in [0.2, 0.25) is 5.82 Å².